The van der Waals surface area contributed by atoms with Crippen LogP contribution in [0.25, 0.3) is 0 Å². The molecule has 5 N–H and O–H groups in total. The Balaban J connectivity index is -0.000000376. The summed E-state index contributed by atoms with van der Waals surface area (Å²) in [4.78, 5) is 30.1. The second-order valence-electron chi connectivity index (χ2n) is 6.42. The highest BCUT2D eigenvalue weighted by atomic mass is 16.5. The van der Waals surface area contributed by atoms with Crippen molar-refractivity contribution in [2.24, 2.45) is 5.41 Å². The summed E-state index contributed by atoms with van der Waals surface area (Å²) in [7, 11) is 1.31. The van der Waals surface area contributed by atoms with Crippen molar-refractivity contribution in [2.75, 3.05) is 26.9 Å². The highest BCUT2D eigenvalue weighted by Gasteiger charge is 2.20. The molecule has 9 heteroatoms. The van der Waals surface area contributed by atoms with Crippen molar-refractivity contribution in [3.63, 3.8) is 0 Å². The number of aliphatic hydroxyl groups is 3. The maximum absolute atomic E-state index is 10.1. The number of hydrogen-bond acceptors (Lipinski definition) is 7. The molecule has 0 bridgehead atoms. The normalized spacial score (nSPS) is 9.89. The fourth-order valence-corrected chi connectivity index (χ4v) is 1.49. The molecule has 0 aromatic rings. The highest BCUT2D eigenvalue weighted by Crippen LogP contribution is 2.11. The van der Waals surface area contributed by atoms with E-state index in [4.69, 9.17) is 25.5 Å². The molecule has 0 aliphatic heterocycles. The molecule has 0 aromatic heterocycles. The van der Waals surface area contributed by atoms with Gasteiger partial charge >= 0.3 is 17.9 Å². The molecule has 0 rings (SSSR count). The van der Waals surface area contributed by atoms with Crippen molar-refractivity contribution < 1.29 is 44.7 Å². The minimum absolute atomic E-state index is 0.181. The van der Waals surface area contributed by atoms with Crippen LogP contribution >= 0.6 is 0 Å². The Labute approximate surface area is 166 Å². The van der Waals surface area contributed by atoms with Gasteiger partial charge in [-0.3, -0.25) is 9.59 Å². The molecule has 28 heavy (non-hydrogen) atoms. The van der Waals surface area contributed by atoms with Crippen LogP contribution in [0.3, 0.4) is 0 Å². The molecule has 0 heterocycles. The molecule has 0 atom stereocenters. The van der Waals surface area contributed by atoms with Gasteiger partial charge < -0.3 is 30.3 Å². The molecule has 0 amide bonds. The Hall–Kier alpha value is -1.97. The van der Waals surface area contributed by atoms with Crippen molar-refractivity contribution in [3.05, 3.63) is 12.7 Å². The lowest BCUT2D eigenvalue weighted by Gasteiger charge is -2.20. The molecular formula is C19H36O9. The number of carbonyl (C=O) groups excluding carboxylic acids is 1. The number of methoxy groups -OCH3 is 1. The predicted octanol–water partition coefficient (Wildman–Crippen LogP) is 1.59. The topological polar surface area (TPSA) is 162 Å². The minimum Gasteiger partial charge on any atom is -0.481 e. The summed E-state index contributed by atoms with van der Waals surface area (Å²) < 4.78 is 4.14. The number of hydrogen-bond donors (Lipinski definition) is 5. The number of esters is 1. The van der Waals surface area contributed by atoms with Gasteiger partial charge in [0.05, 0.1) is 26.9 Å². The summed E-state index contributed by atoms with van der Waals surface area (Å²) in [6.45, 7) is 4.22. The summed E-state index contributed by atoms with van der Waals surface area (Å²) in [5.74, 6) is -1.87. The van der Waals surface area contributed by atoms with Crippen molar-refractivity contribution in [1.82, 2.24) is 0 Å². The second kappa shape index (κ2) is 21.3. The predicted molar refractivity (Wildman–Crippen MR) is 104 cm³/mol. The van der Waals surface area contributed by atoms with E-state index in [9.17, 15) is 14.4 Å². The molecule has 0 spiro atoms. The van der Waals surface area contributed by atoms with E-state index in [1.165, 1.54) is 7.11 Å². The summed E-state index contributed by atoms with van der Waals surface area (Å²) in [6, 6.07) is 0. The van der Waals surface area contributed by atoms with Crippen LogP contribution < -0.4 is 0 Å². The number of aliphatic carboxylic acids is 2. The van der Waals surface area contributed by atoms with Gasteiger partial charge in [0.15, 0.2) is 0 Å². The largest absolute Gasteiger partial charge is 0.481 e. The van der Waals surface area contributed by atoms with Gasteiger partial charge in [0.1, 0.15) is 0 Å². The van der Waals surface area contributed by atoms with Crippen molar-refractivity contribution in [2.45, 2.75) is 58.3 Å². The van der Waals surface area contributed by atoms with E-state index in [0.717, 1.165) is 44.6 Å². The summed E-state index contributed by atoms with van der Waals surface area (Å²) in [6.07, 6.45) is 6.94. The smallest absolute Gasteiger partial charge is 0.329 e. The second-order valence-corrected chi connectivity index (χ2v) is 6.42. The molecule has 0 aliphatic carbocycles. The quantitative estimate of drug-likeness (QED) is 0.173. The summed E-state index contributed by atoms with van der Waals surface area (Å²) in [5, 5.41) is 42.1. The van der Waals surface area contributed by atoms with Crippen LogP contribution in [0.15, 0.2) is 12.7 Å². The first-order valence-electron chi connectivity index (χ1n) is 9.09. The standard InChI is InChI=1S/C10H18O4.C5H12O3.C4H6O2/c11-9(12)7-5-3-1-2-4-6-8-10(13)14;1-5(2-6,3-7)4-8;1-3-4(5)6-2/h1-8H2,(H,11,12)(H,13,14);6-8H,2-4H2,1H3;3H,1H2,2H3. The Kier molecular flexibility index (Phi) is 23.4. The highest BCUT2D eigenvalue weighted by molar-refractivity contribution is 5.80. The van der Waals surface area contributed by atoms with Gasteiger partial charge in [0.25, 0.3) is 0 Å². The molecule has 166 valence electrons. The third kappa shape index (κ3) is 26.3. The number of carboxylic acid groups (broad SMARTS) is 2. The molecular weight excluding hydrogens is 372 g/mol. The first-order valence-corrected chi connectivity index (χ1v) is 9.09. The summed E-state index contributed by atoms with van der Waals surface area (Å²) in [5.41, 5.74) is -0.708. The molecule has 0 saturated heterocycles. The van der Waals surface area contributed by atoms with Crippen LogP contribution in [-0.2, 0) is 19.1 Å². The number of carboxylic acids is 2. The van der Waals surface area contributed by atoms with Crippen molar-refractivity contribution in [3.8, 4) is 0 Å². The van der Waals surface area contributed by atoms with Gasteiger partial charge in [0.2, 0.25) is 0 Å². The fourth-order valence-electron chi connectivity index (χ4n) is 1.49. The molecule has 0 radical (unpaired) electrons. The molecule has 9 nitrogen and oxygen atoms in total. The number of carbonyl (C=O) groups is 3. The van der Waals surface area contributed by atoms with Crippen LogP contribution in [0.4, 0.5) is 0 Å². The maximum atomic E-state index is 10.1. The monoisotopic (exact) mass is 408 g/mol. The van der Waals surface area contributed by atoms with Crippen LogP contribution in [0.5, 0.6) is 0 Å². The van der Waals surface area contributed by atoms with Crippen LogP contribution in [-0.4, -0.2) is 70.4 Å². The lowest BCUT2D eigenvalue weighted by molar-refractivity contribution is -0.138. The zero-order valence-electron chi connectivity index (χ0n) is 16.9. The van der Waals surface area contributed by atoms with Crippen LogP contribution in [0.1, 0.15) is 58.3 Å². The molecule has 0 aromatic carbocycles. The van der Waals surface area contributed by atoms with E-state index >= 15 is 0 Å². The van der Waals surface area contributed by atoms with Crippen LogP contribution in [0, 0.1) is 5.41 Å². The SMILES string of the molecule is C=CC(=O)OC.CC(CO)(CO)CO.O=C(O)CCCCCCCCC(=O)O. The summed E-state index contributed by atoms with van der Waals surface area (Å²) >= 11 is 0. The zero-order valence-corrected chi connectivity index (χ0v) is 16.9. The number of unbranched alkanes of at least 4 members (excludes halogenated alkanes) is 5. The number of aliphatic hydroxyl groups excluding tert-OH is 3. The fraction of sp³-hybridized carbons (Fsp3) is 0.737. The Morgan fingerprint density at radius 2 is 1.14 bits per heavy atom. The average molecular weight is 408 g/mol. The third-order valence-corrected chi connectivity index (χ3v) is 3.54. The van der Waals surface area contributed by atoms with E-state index in [1.807, 2.05) is 0 Å². The van der Waals surface area contributed by atoms with Crippen molar-refractivity contribution >= 4 is 17.9 Å². The van der Waals surface area contributed by atoms with Crippen molar-refractivity contribution in [1.29, 1.82) is 0 Å². The average Bonchev–Trinajstić information content (AvgIpc) is 2.69. The van der Waals surface area contributed by atoms with Gasteiger partial charge in [-0.1, -0.05) is 39.2 Å². The zero-order chi connectivity index (χ0) is 22.4. The molecule has 0 saturated carbocycles. The number of ether oxygens (including phenoxy) is 1. The number of rotatable bonds is 13. The molecule has 0 aliphatic rings. The van der Waals surface area contributed by atoms with E-state index in [1.54, 1.807) is 6.92 Å². The maximum Gasteiger partial charge on any atom is 0.329 e. The Bertz CT molecular complexity index is 389. The van der Waals surface area contributed by atoms with Gasteiger partial charge in [-0.15, -0.1) is 0 Å². The van der Waals surface area contributed by atoms with Gasteiger partial charge in [-0.2, -0.15) is 0 Å². The first kappa shape index (κ1) is 30.7. The Morgan fingerprint density at radius 1 is 0.821 bits per heavy atom. The van der Waals surface area contributed by atoms with E-state index in [0.29, 0.717) is 0 Å². The van der Waals surface area contributed by atoms with E-state index in [-0.39, 0.29) is 32.7 Å². The minimum atomic E-state index is -0.740. The molecule has 0 fully saturated rings. The molecule has 0 unspecified atom stereocenters. The lowest BCUT2D eigenvalue weighted by Crippen LogP contribution is -2.29. The third-order valence-electron chi connectivity index (χ3n) is 3.54. The van der Waals surface area contributed by atoms with E-state index < -0.39 is 23.3 Å². The van der Waals surface area contributed by atoms with E-state index in [2.05, 4.69) is 11.3 Å². The first-order chi connectivity index (χ1) is 13.1. The van der Waals surface area contributed by atoms with Gasteiger partial charge in [-0.05, 0) is 12.8 Å². The Morgan fingerprint density at radius 3 is 1.29 bits per heavy atom. The van der Waals surface area contributed by atoms with Crippen LogP contribution in [0.2, 0.25) is 0 Å². The van der Waals surface area contributed by atoms with Gasteiger partial charge in [-0.25, -0.2) is 4.79 Å². The van der Waals surface area contributed by atoms with Gasteiger partial charge in [0, 0.05) is 24.3 Å². The lowest BCUT2D eigenvalue weighted by atomic mass is 9.95.